The van der Waals surface area contributed by atoms with Crippen LogP contribution in [0.1, 0.15) is 19.8 Å². The van der Waals surface area contributed by atoms with Crippen LogP contribution in [-0.4, -0.2) is 45.5 Å². The van der Waals surface area contributed by atoms with Gasteiger partial charge in [0.15, 0.2) is 0 Å². The number of anilines is 1. The Labute approximate surface area is 153 Å². The smallest absolute Gasteiger partial charge is 0.409 e. The van der Waals surface area contributed by atoms with Crippen LogP contribution in [0.2, 0.25) is 0 Å². The summed E-state index contributed by atoms with van der Waals surface area (Å²) in [6, 6.07) is 9.28. The summed E-state index contributed by atoms with van der Waals surface area (Å²) in [6.07, 6.45) is 0.588. The number of amides is 1. The normalized spacial score (nSPS) is 16.5. The number of fused-ring (bicyclic) bond motifs is 1. The summed E-state index contributed by atoms with van der Waals surface area (Å²) < 4.78 is 44.3. The summed E-state index contributed by atoms with van der Waals surface area (Å²) >= 11 is -2.51. The number of halogens is 1. The topological polar surface area (TPSA) is 72.9 Å². The van der Waals surface area contributed by atoms with E-state index < -0.39 is 17.1 Å². The second kappa shape index (κ2) is 8.01. The molecule has 1 saturated heterocycles. The van der Waals surface area contributed by atoms with Crippen LogP contribution < -0.4 is 4.31 Å². The highest BCUT2D eigenvalue weighted by Crippen LogP contribution is 2.33. The van der Waals surface area contributed by atoms with E-state index in [0.29, 0.717) is 49.0 Å². The Balaban J connectivity index is 1.87. The molecule has 1 atom stereocenters. The van der Waals surface area contributed by atoms with E-state index in [1.807, 2.05) is 0 Å². The van der Waals surface area contributed by atoms with Gasteiger partial charge in [-0.1, -0.05) is 24.3 Å². The van der Waals surface area contributed by atoms with Gasteiger partial charge in [-0.05, 0) is 31.9 Å². The third-order valence-electron chi connectivity index (χ3n) is 4.57. The molecule has 1 fully saturated rings. The minimum atomic E-state index is -2.51. The SMILES string of the molecule is CCOC(=O)N1CCC(N(c2ccc(F)c3ccccc23)S(=O)[O-])CC1. The lowest BCUT2D eigenvalue weighted by atomic mass is 10.0. The van der Waals surface area contributed by atoms with Gasteiger partial charge in [0.25, 0.3) is 0 Å². The molecule has 0 spiro atoms. The number of piperidine rings is 1. The number of hydrogen-bond acceptors (Lipinski definition) is 4. The van der Waals surface area contributed by atoms with Crippen molar-refractivity contribution in [2.24, 2.45) is 0 Å². The molecule has 1 heterocycles. The number of benzene rings is 2. The molecule has 3 rings (SSSR count). The second-order valence-electron chi connectivity index (χ2n) is 6.07. The van der Waals surface area contributed by atoms with Crippen molar-refractivity contribution in [2.45, 2.75) is 25.8 Å². The molecule has 2 aromatic carbocycles. The number of rotatable bonds is 4. The molecule has 0 radical (unpaired) electrons. The van der Waals surface area contributed by atoms with Crippen molar-refractivity contribution in [2.75, 3.05) is 24.0 Å². The maximum absolute atomic E-state index is 14.1. The quantitative estimate of drug-likeness (QED) is 0.765. The Bertz CT molecular complexity index is 824. The number of carbonyl (C=O) groups is 1. The molecule has 1 amide bonds. The zero-order valence-electron chi connectivity index (χ0n) is 14.4. The van der Waals surface area contributed by atoms with Crippen molar-refractivity contribution in [3.05, 3.63) is 42.2 Å². The second-order valence-corrected chi connectivity index (χ2v) is 6.90. The van der Waals surface area contributed by atoms with Crippen molar-refractivity contribution < 1.29 is 22.7 Å². The fourth-order valence-electron chi connectivity index (χ4n) is 3.33. The molecule has 0 bridgehead atoms. The number of carbonyl (C=O) groups excluding carboxylic acids is 1. The van der Waals surface area contributed by atoms with Crippen LogP contribution in [0.25, 0.3) is 10.8 Å². The van der Waals surface area contributed by atoms with Crippen molar-refractivity contribution in [3.63, 3.8) is 0 Å². The number of hydrogen-bond donors (Lipinski definition) is 0. The van der Waals surface area contributed by atoms with Crippen molar-refractivity contribution in [1.82, 2.24) is 4.90 Å². The minimum absolute atomic E-state index is 0.298. The van der Waals surface area contributed by atoms with Gasteiger partial charge in [-0.2, -0.15) is 0 Å². The fraction of sp³-hybridized carbons (Fsp3) is 0.389. The molecule has 0 saturated carbocycles. The first-order valence-corrected chi connectivity index (χ1v) is 9.53. The van der Waals surface area contributed by atoms with Gasteiger partial charge in [0.1, 0.15) is 5.82 Å². The molecule has 8 heteroatoms. The summed E-state index contributed by atoms with van der Waals surface area (Å²) in [5.41, 5.74) is 0.449. The van der Waals surface area contributed by atoms with Crippen LogP contribution in [0.5, 0.6) is 0 Å². The molecule has 1 unspecified atom stereocenters. The van der Waals surface area contributed by atoms with Gasteiger partial charge in [0, 0.05) is 41.2 Å². The Kier molecular flexibility index (Phi) is 5.73. The predicted octanol–water partition coefficient (Wildman–Crippen LogP) is 3.20. The first-order chi connectivity index (χ1) is 12.5. The maximum Gasteiger partial charge on any atom is 0.409 e. The van der Waals surface area contributed by atoms with Crippen molar-refractivity contribution in [1.29, 1.82) is 0 Å². The molecule has 1 aliphatic heterocycles. The van der Waals surface area contributed by atoms with Gasteiger partial charge in [0.2, 0.25) is 0 Å². The zero-order valence-corrected chi connectivity index (χ0v) is 15.2. The Morgan fingerprint density at radius 3 is 2.54 bits per heavy atom. The molecule has 26 heavy (non-hydrogen) atoms. The molecular formula is C18H20FN2O4S-. The lowest BCUT2D eigenvalue weighted by Gasteiger charge is -2.40. The van der Waals surface area contributed by atoms with E-state index in [4.69, 9.17) is 4.74 Å². The molecular weight excluding hydrogens is 359 g/mol. The monoisotopic (exact) mass is 379 g/mol. The van der Waals surface area contributed by atoms with Crippen LogP contribution in [-0.2, 0) is 16.0 Å². The highest BCUT2D eigenvalue weighted by Gasteiger charge is 2.29. The largest absolute Gasteiger partial charge is 0.755 e. The molecule has 0 aromatic heterocycles. The van der Waals surface area contributed by atoms with E-state index >= 15 is 0 Å². The van der Waals surface area contributed by atoms with Gasteiger partial charge >= 0.3 is 6.09 Å². The van der Waals surface area contributed by atoms with Crippen LogP contribution >= 0.6 is 0 Å². The van der Waals surface area contributed by atoms with Crippen LogP contribution in [0.4, 0.5) is 14.9 Å². The summed E-state index contributed by atoms with van der Waals surface area (Å²) in [5.74, 6) is -0.391. The third kappa shape index (κ3) is 3.66. The molecule has 140 valence electrons. The van der Waals surface area contributed by atoms with Crippen LogP contribution in [0, 0.1) is 5.82 Å². The molecule has 6 nitrogen and oxygen atoms in total. The number of likely N-dealkylation sites (tertiary alicyclic amines) is 1. The average Bonchev–Trinajstić information content (AvgIpc) is 2.64. The van der Waals surface area contributed by atoms with Crippen molar-refractivity contribution in [3.8, 4) is 0 Å². The van der Waals surface area contributed by atoms with E-state index in [9.17, 15) is 17.9 Å². The van der Waals surface area contributed by atoms with Gasteiger partial charge < -0.3 is 14.2 Å². The lowest BCUT2D eigenvalue weighted by Crippen LogP contribution is -2.47. The van der Waals surface area contributed by atoms with Gasteiger partial charge in [0.05, 0.1) is 12.3 Å². The van der Waals surface area contributed by atoms with E-state index in [2.05, 4.69) is 0 Å². The van der Waals surface area contributed by atoms with E-state index in [-0.39, 0.29) is 12.1 Å². The fourth-order valence-corrected chi connectivity index (χ4v) is 4.11. The maximum atomic E-state index is 14.1. The predicted molar refractivity (Wildman–Crippen MR) is 96.9 cm³/mol. The summed E-state index contributed by atoms with van der Waals surface area (Å²) in [5, 5.41) is 0.925. The highest BCUT2D eigenvalue weighted by molar-refractivity contribution is 7.80. The minimum Gasteiger partial charge on any atom is -0.755 e. The first-order valence-electron chi connectivity index (χ1n) is 8.50. The first kappa shape index (κ1) is 18.6. The Morgan fingerprint density at radius 1 is 1.27 bits per heavy atom. The Morgan fingerprint density at radius 2 is 1.92 bits per heavy atom. The number of ether oxygens (including phenoxy) is 1. The molecule has 1 aliphatic rings. The zero-order chi connectivity index (χ0) is 18.7. The Hall–Kier alpha value is -2.19. The van der Waals surface area contributed by atoms with E-state index in [1.165, 1.54) is 16.4 Å². The highest BCUT2D eigenvalue weighted by atomic mass is 32.2. The van der Waals surface area contributed by atoms with Gasteiger partial charge in [-0.15, -0.1) is 0 Å². The molecule has 0 N–H and O–H groups in total. The number of nitrogens with zero attached hydrogens (tertiary/aromatic N) is 2. The van der Waals surface area contributed by atoms with Crippen molar-refractivity contribution >= 4 is 33.8 Å². The van der Waals surface area contributed by atoms with Crippen LogP contribution in [0.15, 0.2) is 36.4 Å². The molecule has 2 aromatic rings. The van der Waals surface area contributed by atoms with Gasteiger partial charge in [-0.25, -0.2) is 9.18 Å². The van der Waals surface area contributed by atoms with Gasteiger partial charge in [-0.3, -0.25) is 8.51 Å². The average molecular weight is 379 g/mol. The van der Waals surface area contributed by atoms with E-state index in [0.717, 1.165) is 0 Å². The summed E-state index contributed by atoms with van der Waals surface area (Å²) in [4.78, 5) is 13.4. The third-order valence-corrected chi connectivity index (χ3v) is 5.38. The lowest BCUT2D eigenvalue weighted by molar-refractivity contribution is 0.0976. The summed E-state index contributed by atoms with van der Waals surface area (Å²) in [6.45, 7) is 2.87. The molecule has 0 aliphatic carbocycles. The standard InChI is InChI=1S/C18H21FN2O4S/c1-2-25-18(22)20-11-9-13(10-12-20)21(26(23)24)17-8-7-16(19)14-5-3-4-6-15(14)17/h3-8,13H,2,9-12H2,1H3,(H,23,24)/p-1. The summed E-state index contributed by atoms with van der Waals surface area (Å²) in [7, 11) is 0. The van der Waals surface area contributed by atoms with Crippen LogP contribution in [0.3, 0.4) is 0 Å². The van der Waals surface area contributed by atoms with E-state index in [1.54, 1.807) is 36.1 Å².